The molecule has 0 saturated heterocycles. The highest BCUT2D eigenvalue weighted by molar-refractivity contribution is 5.88. The topological polar surface area (TPSA) is 67.9 Å². The Hall–Kier alpha value is -3.02. The fourth-order valence-electron chi connectivity index (χ4n) is 3.31. The largest absolute Gasteiger partial charge is 0.454 e. The lowest BCUT2D eigenvalue weighted by molar-refractivity contribution is -0.137. The number of rotatable bonds is 8. The summed E-state index contributed by atoms with van der Waals surface area (Å²) in [5.41, 5.74) is 1.73. The third-order valence-electron chi connectivity index (χ3n) is 4.78. The van der Waals surface area contributed by atoms with Crippen LogP contribution in [0.15, 0.2) is 48.5 Å². The van der Waals surface area contributed by atoms with E-state index in [2.05, 4.69) is 5.32 Å². The van der Waals surface area contributed by atoms with Crippen LogP contribution in [0.3, 0.4) is 0 Å². The molecule has 3 rings (SSSR count). The summed E-state index contributed by atoms with van der Waals surface area (Å²) in [4.78, 5) is 27.6. The molecule has 1 aliphatic heterocycles. The SMILES string of the molecule is CCN(Cc1ccc2c(c1)OCO2)C(=O)C(NC(=O)CC(C)C)c1ccccc1. The van der Waals surface area contributed by atoms with Crippen LogP contribution in [0.1, 0.15) is 44.4 Å². The second-order valence-electron chi connectivity index (χ2n) is 7.55. The van der Waals surface area contributed by atoms with Crippen LogP contribution in [0, 0.1) is 5.92 Å². The number of carbonyl (C=O) groups is 2. The normalized spacial score (nSPS) is 13.2. The van der Waals surface area contributed by atoms with Gasteiger partial charge in [0.1, 0.15) is 6.04 Å². The number of hydrogen-bond acceptors (Lipinski definition) is 4. The van der Waals surface area contributed by atoms with E-state index < -0.39 is 6.04 Å². The molecule has 1 atom stereocenters. The van der Waals surface area contributed by atoms with Crippen molar-refractivity contribution in [3.05, 3.63) is 59.7 Å². The first-order valence-corrected chi connectivity index (χ1v) is 9.99. The molecule has 1 heterocycles. The number of hydrogen-bond donors (Lipinski definition) is 1. The molecule has 0 aromatic heterocycles. The van der Waals surface area contributed by atoms with E-state index in [1.54, 1.807) is 4.90 Å². The molecule has 1 N–H and O–H groups in total. The molecule has 1 aliphatic rings. The molecule has 0 spiro atoms. The third kappa shape index (κ3) is 5.28. The van der Waals surface area contributed by atoms with Gasteiger partial charge in [0, 0.05) is 19.5 Å². The summed E-state index contributed by atoms with van der Waals surface area (Å²) in [5.74, 6) is 1.37. The van der Waals surface area contributed by atoms with Crippen molar-refractivity contribution in [2.24, 2.45) is 5.92 Å². The fourth-order valence-corrected chi connectivity index (χ4v) is 3.31. The molecular formula is C23H28N2O4. The lowest BCUT2D eigenvalue weighted by Gasteiger charge is -2.27. The summed E-state index contributed by atoms with van der Waals surface area (Å²) >= 11 is 0. The highest BCUT2D eigenvalue weighted by Crippen LogP contribution is 2.33. The molecule has 2 amide bonds. The molecule has 6 heteroatoms. The molecule has 29 heavy (non-hydrogen) atoms. The molecule has 2 aromatic rings. The number of benzene rings is 2. The number of nitrogens with zero attached hydrogens (tertiary/aromatic N) is 1. The van der Waals surface area contributed by atoms with Crippen LogP contribution in [0.2, 0.25) is 0 Å². The number of amides is 2. The molecule has 0 fully saturated rings. The molecule has 0 bridgehead atoms. The van der Waals surface area contributed by atoms with E-state index in [9.17, 15) is 9.59 Å². The van der Waals surface area contributed by atoms with Crippen molar-refractivity contribution in [1.82, 2.24) is 10.2 Å². The smallest absolute Gasteiger partial charge is 0.250 e. The van der Waals surface area contributed by atoms with Gasteiger partial charge in [0.05, 0.1) is 0 Å². The number of fused-ring (bicyclic) bond motifs is 1. The van der Waals surface area contributed by atoms with E-state index in [0.29, 0.717) is 31.0 Å². The Morgan fingerprint density at radius 2 is 1.79 bits per heavy atom. The van der Waals surface area contributed by atoms with Gasteiger partial charge in [-0.15, -0.1) is 0 Å². The van der Waals surface area contributed by atoms with Crippen molar-refractivity contribution < 1.29 is 19.1 Å². The predicted octanol–water partition coefficient (Wildman–Crippen LogP) is 3.67. The standard InChI is InChI=1S/C23H28N2O4/c1-4-25(14-17-10-11-19-20(13-17)29-15-28-19)23(27)22(18-8-6-5-7-9-18)24-21(26)12-16(2)3/h5-11,13,16,22H,4,12,14-15H2,1-3H3,(H,24,26). The van der Waals surface area contributed by atoms with Gasteiger partial charge >= 0.3 is 0 Å². The van der Waals surface area contributed by atoms with Gasteiger partial charge in [-0.1, -0.05) is 50.2 Å². The number of ether oxygens (including phenoxy) is 2. The van der Waals surface area contributed by atoms with Crippen molar-refractivity contribution in [2.75, 3.05) is 13.3 Å². The zero-order valence-corrected chi connectivity index (χ0v) is 17.2. The zero-order valence-electron chi connectivity index (χ0n) is 17.2. The van der Waals surface area contributed by atoms with Gasteiger partial charge in [-0.2, -0.15) is 0 Å². The minimum atomic E-state index is -0.712. The highest BCUT2D eigenvalue weighted by atomic mass is 16.7. The van der Waals surface area contributed by atoms with Crippen molar-refractivity contribution >= 4 is 11.8 Å². The van der Waals surface area contributed by atoms with E-state index >= 15 is 0 Å². The van der Waals surface area contributed by atoms with Gasteiger partial charge in [0.2, 0.25) is 18.6 Å². The highest BCUT2D eigenvalue weighted by Gasteiger charge is 2.27. The first-order chi connectivity index (χ1) is 14.0. The monoisotopic (exact) mass is 396 g/mol. The number of carbonyl (C=O) groups excluding carboxylic acids is 2. The quantitative estimate of drug-likeness (QED) is 0.739. The maximum Gasteiger partial charge on any atom is 0.250 e. The summed E-state index contributed by atoms with van der Waals surface area (Å²) < 4.78 is 10.8. The average molecular weight is 396 g/mol. The molecule has 0 radical (unpaired) electrons. The van der Waals surface area contributed by atoms with Crippen LogP contribution in [0.25, 0.3) is 0 Å². The molecule has 154 valence electrons. The van der Waals surface area contributed by atoms with Crippen LogP contribution in [-0.2, 0) is 16.1 Å². The summed E-state index contributed by atoms with van der Waals surface area (Å²) in [5, 5.41) is 2.93. The first kappa shape index (κ1) is 20.7. The van der Waals surface area contributed by atoms with Crippen molar-refractivity contribution in [3.8, 4) is 11.5 Å². The maximum absolute atomic E-state index is 13.4. The van der Waals surface area contributed by atoms with Crippen LogP contribution < -0.4 is 14.8 Å². The van der Waals surface area contributed by atoms with Gasteiger partial charge in [-0.25, -0.2) is 0 Å². The Morgan fingerprint density at radius 1 is 1.07 bits per heavy atom. The third-order valence-corrected chi connectivity index (χ3v) is 4.78. The molecule has 0 aliphatic carbocycles. The summed E-state index contributed by atoms with van der Waals surface area (Å²) in [7, 11) is 0. The number of likely N-dealkylation sites (N-methyl/N-ethyl adjacent to an activating group) is 1. The van der Waals surface area contributed by atoms with E-state index in [1.807, 2.05) is 69.3 Å². The second kappa shape index (κ2) is 9.45. The van der Waals surface area contributed by atoms with Gasteiger partial charge in [0.25, 0.3) is 0 Å². The summed E-state index contributed by atoms with van der Waals surface area (Å²) in [6.07, 6.45) is 0.380. The maximum atomic E-state index is 13.4. The summed E-state index contributed by atoms with van der Waals surface area (Å²) in [6.45, 7) is 7.07. The number of nitrogens with one attached hydrogen (secondary N) is 1. The second-order valence-corrected chi connectivity index (χ2v) is 7.55. The minimum absolute atomic E-state index is 0.124. The van der Waals surface area contributed by atoms with Crippen LogP contribution in [-0.4, -0.2) is 30.1 Å². The van der Waals surface area contributed by atoms with Crippen LogP contribution in [0.4, 0.5) is 0 Å². The van der Waals surface area contributed by atoms with Crippen molar-refractivity contribution in [2.45, 2.75) is 39.8 Å². The fraction of sp³-hybridized carbons (Fsp3) is 0.391. The van der Waals surface area contributed by atoms with Crippen molar-refractivity contribution in [3.63, 3.8) is 0 Å². The van der Waals surface area contributed by atoms with Gasteiger partial charge < -0.3 is 19.7 Å². The summed E-state index contributed by atoms with van der Waals surface area (Å²) in [6, 6.07) is 14.3. The molecule has 1 unspecified atom stereocenters. The Labute approximate surface area is 171 Å². The van der Waals surface area contributed by atoms with Crippen LogP contribution >= 0.6 is 0 Å². The molecule has 6 nitrogen and oxygen atoms in total. The van der Waals surface area contributed by atoms with E-state index in [-0.39, 0.29) is 24.5 Å². The average Bonchev–Trinajstić information content (AvgIpc) is 3.17. The minimum Gasteiger partial charge on any atom is -0.454 e. The predicted molar refractivity (Wildman–Crippen MR) is 110 cm³/mol. The molecule has 0 saturated carbocycles. The zero-order chi connectivity index (χ0) is 20.8. The van der Waals surface area contributed by atoms with Crippen molar-refractivity contribution in [1.29, 1.82) is 0 Å². The van der Waals surface area contributed by atoms with Crippen LogP contribution in [0.5, 0.6) is 11.5 Å². The Morgan fingerprint density at radius 3 is 2.48 bits per heavy atom. The lowest BCUT2D eigenvalue weighted by atomic mass is 10.0. The van der Waals surface area contributed by atoms with Gasteiger partial charge in [0.15, 0.2) is 11.5 Å². The molecule has 2 aromatic carbocycles. The van der Waals surface area contributed by atoms with Gasteiger partial charge in [-0.05, 0) is 36.1 Å². The Balaban J connectivity index is 1.79. The van der Waals surface area contributed by atoms with E-state index in [1.165, 1.54) is 0 Å². The molecular weight excluding hydrogens is 368 g/mol. The van der Waals surface area contributed by atoms with Gasteiger partial charge in [-0.3, -0.25) is 9.59 Å². The Bertz CT molecular complexity index is 851. The van der Waals surface area contributed by atoms with E-state index in [0.717, 1.165) is 11.1 Å². The Kier molecular flexibility index (Phi) is 6.75. The van der Waals surface area contributed by atoms with E-state index in [4.69, 9.17) is 9.47 Å². The first-order valence-electron chi connectivity index (χ1n) is 9.99. The lowest BCUT2D eigenvalue weighted by Crippen LogP contribution is -2.42.